The Morgan fingerprint density at radius 1 is 1.62 bits per heavy atom. The Balaban J connectivity index is 2.04. The quantitative estimate of drug-likeness (QED) is 0.768. The van der Waals surface area contributed by atoms with Crippen LogP contribution in [0.4, 0.5) is 0 Å². The third-order valence-electron chi connectivity index (χ3n) is 1.93. The van der Waals surface area contributed by atoms with Gasteiger partial charge in [0.1, 0.15) is 17.5 Å². The highest BCUT2D eigenvalue weighted by Gasteiger charge is 2.17. The maximum absolute atomic E-state index is 5.83. The van der Waals surface area contributed by atoms with Crippen molar-refractivity contribution in [1.82, 2.24) is 15.3 Å². The minimum Gasteiger partial charge on any atom is -0.472 e. The molecule has 0 aromatic carbocycles. The smallest absolute Gasteiger partial charge is 0.236 e. The molecule has 0 spiro atoms. The molecule has 2 heterocycles. The van der Waals surface area contributed by atoms with Crippen molar-refractivity contribution in [3.05, 3.63) is 17.5 Å². The molecule has 0 radical (unpaired) electrons. The summed E-state index contributed by atoms with van der Waals surface area (Å²) in [6.45, 7) is 1.85. The third-order valence-corrected chi connectivity index (χ3v) is 2.19. The first kappa shape index (κ1) is 8.72. The average molecular weight is 200 g/mol. The van der Waals surface area contributed by atoms with Crippen LogP contribution < -0.4 is 10.1 Å². The van der Waals surface area contributed by atoms with Gasteiger partial charge in [0.2, 0.25) is 5.88 Å². The summed E-state index contributed by atoms with van der Waals surface area (Å²) in [5.41, 5.74) is 0. The molecule has 5 heteroatoms. The van der Waals surface area contributed by atoms with Crippen molar-refractivity contribution in [1.29, 1.82) is 0 Å². The van der Waals surface area contributed by atoms with Crippen LogP contribution in [0.15, 0.2) is 12.5 Å². The fourth-order valence-corrected chi connectivity index (χ4v) is 1.42. The molecule has 0 saturated carbocycles. The molecule has 0 aliphatic carbocycles. The molecule has 1 aromatic heterocycles. The van der Waals surface area contributed by atoms with E-state index in [-0.39, 0.29) is 6.10 Å². The molecule has 2 rings (SSSR count). The number of nitrogens with zero attached hydrogens (tertiary/aromatic N) is 2. The van der Waals surface area contributed by atoms with Gasteiger partial charge < -0.3 is 10.1 Å². The van der Waals surface area contributed by atoms with E-state index in [1.165, 1.54) is 12.5 Å². The number of halogens is 1. The van der Waals surface area contributed by atoms with Gasteiger partial charge in [-0.15, -0.1) is 0 Å². The minimum atomic E-state index is 0.187. The Bertz CT molecular complexity index is 288. The zero-order valence-corrected chi connectivity index (χ0v) is 7.79. The molecule has 70 valence electrons. The van der Waals surface area contributed by atoms with Gasteiger partial charge >= 0.3 is 0 Å². The van der Waals surface area contributed by atoms with E-state index in [1.807, 2.05) is 0 Å². The lowest BCUT2D eigenvalue weighted by molar-refractivity contribution is 0.214. The number of aromatic nitrogens is 2. The molecule has 4 nitrogen and oxygen atoms in total. The van der Waals surface area contributed by atoms with Crippen LogP contribution in [-0.2, 0) is 0 Å². The van der Waals surface area contributed by atoms with Gasteiger partial charge in [-0.25, -0.2) is 9.97 Å². The third kappa shape index (κ3) is 2.08. The molecular weight excluding hydrogens is 190 g/mol. The van der Waals surface area contributed by atoms with Crippen molar-refractivity contribution in [2.24, 2.45) is 0 Å². The molecule has 0 amide bonds. The Hall–Kier alpha value is -0.870. The number of hydrogen-bond acceptors (Lipinski definition) is 4. The van der Waals surface area contributed by atoms with E-state index in [4.69, 9.17) is 16.3 Å². The lowest BCUT2D eigenvalue weighted by Crippen LogP contribution is -2.20. The summed E-state index contributed by atoms with van der Waals surface area (Å²) in [7, 11) is 0. The zero-order chi connectivity index (χ0) is 9.10. The second-order valence-corrected chi connectivity index (χ2v) is 3.32. The molecule has 1 saturated heterocycles. The summed E-state index contributed by atoms with van der Waals surface area (Å²) < 4.78 is 5.56. The molecule has 1 aliphatic rings. The van der Waals surface area contributed by atoms with Crippen LogP contribution >= 0.6 is 11.6 Å². The second kappa shape index (κ2) is 3.89. The summed E-state index contributed by atoms with van der Waals surface area (Å²) in [5, 5.41) is 3.67. The van der Waals surface area contributed by atoms with Gasteiger partial charge in [0.15, 0.2) is 0 Å². The van der Waals surface area contributed by atoms with Crippen molar-refractivity contribution in [2.75, 3.05) is 13.1 Å². The number of rotatable bonds is 2. The van der Waals surface area contributed by atoms with Crippen LogP contribution in [0, 0.1) is 0 Å². The van der Waals surface area contributed by atoms with Crippen molar-refractivity contribution in [3.8, 4) is 5.88 Å². The minimum absolute atomic E-state index is 0.187. The standard InChI is InChI=1S/C8H10ClN3O/c9-7-4-11-5-12-8(7)13-6-1-2-10-3-6/h4-6,10H,1-3H2. The zero-order valence-electron chi connectivity index (χ0n) is 7.03. The lowest BCUT2D eigenvalue weighted by atomic mass is 10.3. The molecule has 1 aliphatic heterocycles. The predicted octanol–water partition coefficient (Wildman–Crippen LogP) is 0.871. The summed E-state index contributed by atoms with van der Waals surface area (Å²) in [6, 6.07) is 0. The molecular formula is C8H10ClN3O. The first-order valence-electron chi connectivity index (χ1n) is 4.19. The Morgan fingerprint density at radius 3 is 3.23 bits per heavy atom. The molecule has 0 bridgehead atoms. The fraction of sp³-hybridized carbons (Fsp3) is 0.500. The van der Waals surface area contributed by atoms with Crippen LogP contribution in [0.5, 0.6) is 5.88 Å². The number of hydrogen-bond donors (Lipinski definition) is 1. The van der Waals surface area contributed by atoms with E-state index in [0.717, 1.165) is 19.5 Å². The van der Waals surface area contributed by atoms with Crippen LogP contribution in [0.25, 0.3) is 0 Å². The molecule has 1 unspecified atom stereocenters. The van der Waals surface area contributed by atoms with Gasteiger partial charge in [0, 0.05) is 6.54 Å². The van der Waals surface area contributed by atoms with Crippen molar-refractivity contribution < 1.29 is 4.74 Å². The molecule has 1 aromatic rings. The van der Waals surface area contributed by atoms with Gasteiger partial charge in [-0.1, -0.05) is 11.6 Å². The normalized spacial score (nSPS) is 21.8. The highest BCUT2D eigenvalue weighted by Crippen LogP contribution is 2.21. The Labute approximate surface area is 81.3 Å². The van der Waals surface area contributed by atoms with E-state index >= 15 is 0 Å². The number of nitrogens with one attached hydrogen (secondary N) is 1. The average Bonchev–Trinajstić information content (AvgIpc) is 2.61. The van der Waals surface area contributed by atoms with Crippen LogP contribution in [0.1, 0.15) is 6.42 Å². The lowest BCUT2D eigenvalue weighted by Gasteiger charge is -2.11. The van der Waals surface area contributed by atoms with Crippen LogP contribution in [0.2, 0.25) is 5.02 Å². The summed E-state index contributed by atoms with van der Waals surface area (Å²) in [5.74, 6) is 0.477. The van der Waals surface area contributed by atoms with Gasteiger partial charge in [-0.2, -0.15) is 0 Å². The second-order valence-electron chi connectivity index (χ2n) is 2.91. The van der Waals surface area contributed by atoms with Crippen molar-refractivity contribution >= 4 is 11.6 Å². The highest BCUT2D eigenvalue weighted by molar-refractivity contribution is 6.31. The predicted molar refractivity (Wildman–Crippen MR) is 48.9 cm³/mol. The summed E-state index contributed by atoms with van der Waals surface area (Å²) in [4.78, 5) is 7.73. The molecule has 1 N–H and O–H groups in total. The monoisotopic (exact) mass is 199 g/mol. The summed E-state index contributed by atoms with van der Waals surface area (Å²) in [6.07, 6.45) is 4.16. The van der Waals surface area contributed by atoms with Crippen LogP contribution in [0.3, 0.4) is 0 Å². The first-order chi connectivity index (χ1) is 6.36. The molecule has 13 heavy (non-hydrogen) atoms. The van der Waals surface area contributed by atoms with Crippen LogP contribution in [-0.4, -0.2) is 29.2 Å². The highest BCUT2D eigenvalue weighted by atomic mass is 35.5. The fourth-order valence-electron chi connectivity index (χ4n) is 1.27. The Kier molecular flexibility index (Phi) is 2.61. The van der Waals surface area contributed by atoms with Gasteiger partial charge in [0.05, 0.1) is 6.20 Å². The van der Waals surface area contributed by atoms with E-state index in [2.05, 4.69) is 15.3 Å². The largest absolute Gasteiger partial charge is 0.472 e. The topological polar surface area (TPSA) is 47.0 Å². The summed E-state index contributed by atoms with van der Waals surface area (Å²) >= 11 is 5.83. The van der Waals surface area contributed by atoms with Gasteiger partial charge in [-0.05, 0) is 13.0 Å². The Morgan fingerprint density at radius 2 is 2.54 bits per heavy atom. The van der Waals surface area contributed by atoms with Gasteiger partial charge in [0.25, 0.3) is 0 Å². The molecule has 1 fully saturated rings. The van der Waals surface area contributed by atoms with E-state index in [1.54, 1.807) is 0 Å². The van der Waals surface area contributed by atoms with Crippen molar-refractivity contribution in [2.45, 2.75) is 12.5 Å². The first-order valence-corrected chi connectivity index (χ1v) is 4.57. The maximum Gasteiger partial charge on any atom is 0.236 e. The number of ether oxygens (including phenoxy) is 1. The van der Waals surface area contributed by atoms with E-state index in [0.29, 0.717) is 10.9 Å². The van der Waals surface area contributed by atoms with E-state index < -0.39 is 0 Å². The van der Waals surface area contributed by atoms with Crippen molar-refractivity contribution in [3.63, 3.8) is 0 Å². The SMILES string of the molecule is Clc1cncnc1OC1CCNC1. The maximum atomic E-state index is 5.83. The van der Waals surface area contributed by atoms with Gasteiger partial charge in [-0.3, -0.25) is 0 Å². The molecule has 1 atom stereocenters. The van der Waals surface area contributed by atoms with E-state index in [9.17, 15) is 0 Å².